The van der Waals surface area contributed by atoms with Crippen LogP contribution < -0.4 is 5.32 Å². The summed E-state index contributed by atoms with van der Waals surface area (Å²) in [5, 5.41) is 22.9. The number of carbonyl (C=O) groups is 1. The highest BCUT2D eigenvalue weighted by Gasteiger charge is 2.37. The number of aliphatic carboxylic acids is 1. The van der Waals surface area contributed by atoms with Crippen molar-refractivity contribution in [3.8, 4) is 0 Å². The number of nitro groups is 1. The molecule has 0 amide bonds. The average Bonchev–Trinajstić information content (AvgIpc) is 2.77. The molecule has 0 bridgehead atoms. The number of rotatable bonds is 3. The molecule has 98 valence electrons. The van der Waals surface area contributed by atoms with Crippen LogP contribution in [0.25, 0.3) is 0 Å². The second-order valence-electron chi connectivity index (χ2n) is 4.03. The van der Waals surface area contributed by atoms with Gasteiger partial charge in [0, 0.05) is 30.6 Å². The van der Waals surface area contributed by atoms with Gasteiger partial charge in [0.2, 0.25) is 0 Å². The van der Waals surface area contributed by atoms with Gasteiger partial charge in [0.1, 0.15) is 0 Å². The molecule has 0 radical (unpaired) electrons. The number of carboxylic acid groups (broad SMARTS) is 1. The van der Waals surface area contributed by atoms with E-state index in [2.05, 4.69) is 5.32 Å². The molecule has 2 rings (SSSR count). The Hall–Kier alpha value is -1.66. The van der Waals surface area contributed by atoms with Crippen molar-refractivity contribution in [2.45, 2.75) is 5.92 Å². The van der Waals surface area contributed by atoms with E-state index in [1.165, 1.54) is 6.07 Å². The molecule has 6 nitrogen and oxygen atoms in total. The maximum atomic E-state index is 11.1. The topological polar surface area (TPSA) is 92.5 Å². The maximum absolute atomic E-state index is 11.1. The Morgan fingerprint density at radius 3 is 2.67 bits per heavy atom. The van der Waals surface area contributed by atoms with Crippen LogP contribution in [0.2, 0.25) is 0 Å². The first-order valence-electron chi connectivity index (χ1n) is 5.28. The van der Waals surface area contributed by atoms with Crippen LogP contribution in [0.1, 0.15) is 11.5 Å². The van der Waals surface area contributed by atoms with E-state index in [9.17, 15) is 14.9 Å². The molecule has 0 saturated carbocycles. The first kappa shape index (κ1) is 14.4. The zero-order valence-electron chi connectivity index (χ0n) is 9.41. The van der Waals surface area contributed by atoms with Crippen LogP contribution in [0.15, 0.2) is 24.3 Å². The first-order chi connectivity index (χ1) is 8.11. The molecule has 2 atom stereocenters. The minimum Gasteiger partial charge on any atom is -0.481 e. The quantitative estimate of drug-likeness (QED) is 0.641. The van der Waals surface area contributed by atoms with Crippen LogP contribution in [0.5, 0.6) is 0 Å². The van der Waals surface area contributed by atoms with Crippen LogP contribution in [0.4, 0.5) is 5.69 Å². The van der Waals surface area contributed by atoms with Crippen LogP contribution >= 0.6 is 12.4 Å². The Bertz CT molecular complexity index is 466. The van der Waals surface area contributed by atoms with Gasteiger partial charge in [-0.15, -0.1) is 12.4 Å². The largest absolute Gasteiger partial charge is 0.481 e. The lowest BCUT2D eigenvalue weighted by Gasteiger charge is -2.14. The van der Waals surface area contributed by atoms with Gasteiger partial charge in [-0.3, -0.25) is 14.9 Å². The SMILES string of the molecule is Cl.O=C(O)[C@@H]1CNC[C@H]1c1ccccc1[N+](=O)[O-]. The molecule has 1 aromatic rings. The number of carboxylic acids is 1. The highest BCUT2D eigenvalue weighted by Crippen LogP contribution is 2.34. The summed E-state index contributed by atoms with van der Waals surface area (Å²) in [6.07, 6.45) is 0. The third kappa shape index (κ3) is 2.60. The van der Waals surface area contributed by atoms with Gasteiger partial charge < -0.3 is 10.4 Å². The minimum absolute atomic E-state index is 0. The molecule has 7 heteroatoms. The van der Waals surface area contributed by atoms with Crippen molar-refractivity contribution in [2.24, 2.45) is 5.92 Å². The Morgan fingerprint density at radius 1 is 1.39 bits per heavy atom. The number of hydrogen-bond acceptors (Lipinski definition) is 4. The van der Waals surface area contributed by atoms with Crippen LogP contribution in [0.3, 0.4) is 0 Å². The highest BCUT2D eigenvalue weighted by atomic mass is 35.5. The van der Waals surface area contributed by atoms with Gasteiger partial charge >= 0.3 is 5.97 Å². The zero-order valence-corrected chi connectivity index (χ0v) is 10.2. The summed E-state index contributed by atoms with van der Waals surface area (Å²) in [5.74, 6) is -1.86. The molecule has 0 unspecified atom stereocenters. The molecule has 1 aliphatic heterocycles. The molecule has 0 spiro atoms. The summed E-state index contributed by atoms with van der Waals surface area (Å²) in [7, 11) is 0. The fraction of sp³-hybridized carbons (Fsp3) is 0.364. The predicted molar refractivity (Wildman–Crippen MR) is 67.1 cm³/mol. The number of nitrogens with one attached hydrogen (secondary N) is 1. The summed E-state index contributed by atoms with van der Waals surface area (Å²) in [5.41, 5.74) is 0.488. The van der Waals surface area contributed by atoms with E-state index in [1.54, 1.807) is 18.2 Å². The standard InChI is InChI=1S/C11H12N2O4.ClH/c14-11(15)9-6-12-5-8(9)7-3-1-2-4-10(7)13(16)17;/h1-4,8-9,12H,5-6H2,(H,14,15);1H/t8-,9+;/m0./s1. The van der Waals surface area contributed by atoms with Crippen LogP contribution in [0, 0.1) is 16.0 Å². The summed E-state index contributed by atoms with van der Waals surface area (Å²) < 4.78 is 0. The van der Waals surface area contributed by atoms with Crippen LogP contribution in [-0.4, -0.2) is 29.1 Å². The fourth-order valence-electron chi connectivity index (χ4n) is 2.23. The summed E-state index contributed by atoms with van der Waals surface area (Å²) >= 11 is 0. The molecule has 2 N–H and O–H groups in total. The van der Waals surface area contributed by atoms with Crippen molar-refractivity contribution in [1.82, 2.24) is 5.32 Å². The lowest BCUT2D eigenvalue weighted by molar-refractivity contribution is -0.385. The van der Waals surface area contributed by atoms with E-state index >= 15 is 0 Å². The molecule has 18 heavy (non-hydrogen) atoms. The predicted octanol–water partition coefficient (Wildman–Crippen LogP) is 1.40. The maximum Gasteiger partial charge on any atom is 0.308 e. The number of para-hydroxylation sites is 1. The molecule has 1 aliphatic rings. The molecule has 0 aromatic heterocycles. The second kappa shape index (κ2) is 5.79. The summed E-state index contributed by atoms with van der Waals surface area (Å²) in [6, 6.07) is 6.32. The van der Waals surface area contributed by atoms with Crippen molar-refractivity contribution in [3.05, 3.63) is 39.9 Å². The van der Waals surface area contributed by atoms with Gasteiger partial charge in [-0.2, -0.15) is 0 Å². The Balaban J connectivity index is 0.00000162. The van der Waals surface area contributed by atoms with Crippen molar-refractivity contribution in [3.63, 3.8) is 0 Å². The molecule has 0 aliphatic carbocycles. The molecular formula is C11H13ClN2O4. The van der Waals surface area contributed by atoms with Crippen molar-refractivity contribution in [1.29, 1.82) is 0 Å². The number of hydrogen-bond donors (Lipinski definition) is 2. The van der Waals surface area contributed by atoms with Crippen molar-refractivity contribution in [2.75, 3.05) is 13.1 Å². The Morgan fingerprint density at radius 2 is 2.06 bits per heavy atom. The lowest BCUT2D eigenvalue weighted by Crippen LogP contribution is -2.21. The summed E-state index contributed by atoms with van der Waals surface area (Å²) in [4.78, 5) is 21.5. The fourth-order valence-corrected chi connectivity index (χ4v) is 2.23. The van der Waals surface area contributed by atoms with E-state index < -0.39 is 16.8 Å². The number of nitro benzene ring substituents is 1. The van der Waals surface area contributed by atoms with Gasteiger partial charge in [0.15, 0.2) is 0 Å². The highest BCUT2D eigenvalue weighted by molar-refractivity contribution is 5.85. The Kier molecular flexibility index (Phi) is 4.63. The van der Waals surface area contributed by atoms with Gasteiger partial charge in [0.25, 0.3) is 5.69 Å². The smallest absolute Gasteiger partial charge is 0.308 e. The van der Waals surface area contributed by atoms with Gasteiger partial charge in [-0.1, -0.05) is 18.2 Å². The number of halogens is 1. The van der Waals surface area contributed by atoms with E-state index in [1.807, 2.05) is 0 Å². The molecule has 1 saturated heterocycles. The van der Waals surface area contributed by atoms with E-state index in [0.29, 0.717) is 18.7 Å². The van der Waals surface area contributed by atoms with Crippen molar-refractivity contribution >= 4 is 24.1 Å². The molecule has 1 aromatic carbocycles. The number of nitrogens with zero attached hydrogens (tertiary/aromatic N) is 1. The zero-order chi connectivity index (χ0) is 12.4. The molecule has 1 heterocycles. The van der Waals surface area contributed by atoms with E-state index in [0.717, 1.165) is 0 Å². The summed E-state index contributed by atoms with van der Waals surface area (Å²) in [6.45, 7) is 0.813. The Labute approximate surface area is 110 Å². The minimum atomic E-state index is -0.918. The second-order valence-corrected chi connectivity index (χ2v) is 4.03. The lowest BCUT2D eigenvalue weighted by atomic mass is 9.88. The van der Waals surface area contributed by atoms with E-state index in [-0.39, 0.29) is 24.0 Å². The molecule has 1 fully saturated rings. The van der Waals surface area contributed by atoms with Crippen molar-refractivity contribution < 1.29 is 14.8 Å². The third-order valence-corrected chi connectivity index (χ3v) is 3.06. The third-order valence-electron chi connectivity index (χ3n) is 3.06. The van der Waals surface area contributed by atoms with Gasteiger partial charge in [-0.05, 0) is 0 Å². The van der Waals surface area contributed by atoms with Gasteiger partial charge in [0.05, 0.1) is 10.8 Å². The van der Waals surface area contributed by atoms with E-state index in [4.69, 9.17) is 5.11 Å². The first-order valence-corrected chi connectivity index (χ1v) is 5.28. The number of benzene rings is 1. The normalized spacial score (nSPS) is 22.2. The average molecular weight is 273 g/mol. The molecular weight excluding hydrogens is 260 g/mol. The van der Waals surface area contributed by atoms with Gasteiger partial charge in [-0.25, -0.2) is 0 Å². The monoisotopic (exact) mass is 272 g/mol. The van der Waals surface area contributed by atoms with Crippen LogP contribution in [-0.2, 0) is 4.79 Å².